The molecule has 4 aromatic rings. The zero-order valence-electron chi connectivity index (χ0n) is 15.8. The van der Waals surface area contributed by atoms with Crippen LogP contribution in [0, 0.1) is 11.7 Å². The fourth-order valence-electron chi connectivity index (χ4n) is 3.74. The molecule has 0 bridgehead atoms. The van der Waals surface area contributed by atoms with Crippen LogP contribution in [0.5, 0.6) is 0 Å². The van der Waals surface area contributed by atoms with Gasteiger partial charge in [0, 0.05) is 0 Å². The van der Waals surface area contributed by atoms with Crippen molar-refractivity contribution in [1.82, 2.24) is 19.5 Å². The SMILES string of the molecule is C[C@@H]1C[C@H]1n1ncc2c(F)cc(S(=O)(=O)c3ccc(Cl)c4c(=O)n(O)c(=O)[nH]c34)cc21. The molecule has 0 radical (unpaired) electrons. The summed E-state index contributed by atoms with van der Waals surface area (Å²) in [6, 6.07) is 4.51. The first-order valence-electron chi connectivity index (χ1n) is 9.20. The summed E-state index contributed by atoms with van der Waals surface area (Å²) in [4.78, 5) is 25.5. The zero-order valence-corrected chi connectivity index (χ0v) is 17.4. The standard InChI is InChI=1S/C19H14ClFN4O5S/c1-8-4-13(8)24-14-6-9(5-12(21)10(14)7-22-24)31(29,30)15-3-2-11(20)16-17(15)23-19(27)25(28)18(16)26/h2-3,5-8,13,28H,4H2,1H3,(H,23,27)/t8-,13-/m1/s1. The Kier molecular flexibility index (Phi) is 4.09. The first-order chi connectivity index (χ1) is 14.6. The minimum atomic E-state index is -4.40. The van der Waals surface area contributed by atoms with Gasteiger partial charge in [-0.05, 0) is 36.6 Å². The second kappa shape index (κ2) is 6.41. The normalized spacial score (nSPS) is 18.7. The highest BCUT2D eigenvalue weighted by molar-refractivity contribution is 7.91. The Morgan fingerprint density at radius 2 is 2.00 bits per heavy atom. The Morgan fingerprint density at radius 3 is 2.68 bits per heavy atom. The van der Waals surface area contributed by atoms with E-state index in [0.29, 0.717) is 11.4 Å². The molecule has 2 N–H and O–H groups in total. The van der Waals surface area contributed by atoms with Crippen molar-refractivity contribution in [3.63, 3.8) is 0 Å². The molecular weight excluding hydrogens is 451 g/mol. The van der Waals surface area contributed by atoms with Gasteiger partial charge in [0.05, 0.1) is 48.9 Å². The molecule has 0 unspecified atom stereocenters. The van der Waals surface area contributed by atoms with E-state index in [4.69, 9.17) is 11.6 Å². The summed E-state index contributed by atoms with van der Waals surface area (Å²) in [5, 5.41) is 13.4. The third-order valence-corrected chi connectivity index (χ3v) is 7.66. The molecule has 2 atom stereocenters. The maximum Gasteiger partial charge on any atom is 0.362 e. The van der Waals surface area contributed by atoms with Gasteiger partial charge in [-0.3, -0.25) is 9.48 Å². The largest absolute Gasteiger partial charge is 0.421 e. The average molecular weight is 465 g/mol. The molecule has 0 saturated heterocycles. The number of nitrogens with one attached hydrogen (secondary N) is 1. The van der Waals surface area contributed by atoms with E-state index in [1.165, 1.54) is 12.3 Å². The monoisotopic (exact) mass is 464 g/mol. The van der Waals surface area contributed by atoms with E-state index in [0.717, 1.165) is 24.6 Å². The number of nitrogens with zero attached hydrogens (tertiary/aromatic N) is 3. The lowest BCUT2D eigenvalue weighted by Gasteiger charge is -2.11. The lowest BCUT2D eigenvalue weighted by Crippen LogP contribution is -2.33. The molecule has 12 heteroatoms. The van der Waals surface area contributed by atoms with Crippen LogP contribution in [0.1, 0.15) is 19.4 Å². The molecule has 2 aromatic carbocycles. The van der Waals surface area contributed by atoms with Crippen LogP contribution in [-0.4, -0.2) is 33.1 Å². The molecule has 2 heterocycles. The van der Waals surface area contributed by atoms with E-state index < -0.39 is 31.8 Å². The quantitative estimate of drug-likeness (QED) is 0.448. The summed E-state index contributed by atoms with van der Waals surface area (Å²) >= 11 is 6.01. The molecular formula is C19H14ClFN4O5S. The Morgan fingerprint density at radius 1 is 1.29 bits per heavy atom. The third-order valence-electron chi connectivity index (χ3n) is 5.57. The predicted octanol–water partition coefficient (Wildman–Crippen LogP) is 2.48. The van der Waals surface area contributed by atoms with E-state index in [2.05, 4.69) is 10.1 Å². The van der Waals surface area contributed by atoms with Gasteiger partial charge in [-0.1, -0.05) is 23.3 Å². The maximum atomic E-state index is 14.8. The van der Waals surface area contributed by atoms with E-state index in [9.17, 15) is 27.6 Å². The summed E-state index contributed by atoms with van der Waals surface area (Å²) in [6.07, 6.45) is 2.21. The van der Waals surface area contributed by atoms with E-state index in [1.54, 1.807) is 4.68 Å². The van der Waals surface area contributed by atoms with Crippen LogP contribution < -0.4 is 11.2 Å². The molecule has 2 aromatic heterocycles. The summed E-state index contributed by atoms with van der Waals surface area (Å²) in [7, 11) is -4.40. The number of fused-ring (bicyclic) bond motifs is 2. The number of sulfone groups is 1. The Labute approximate surface area is 178 Å². The minimum absolute atomic E-state index is 0.0607. The van der Waals surface area contributed by atoms with Crippen LogP contribution in [0.4, 0.5) is 4.39 Å². The number of rotatable bonds is 3. The second-order valence-electron chi connectivity index (χ2n) is 7.55. The van der Waals surface area contributed by atoms with Crippen LogP contribution >= 0.6 is 11.6 Å². The highest BCUT2D eigenvalue weighted by Crippen LogP contribution is 2.44. The number of hydrogen-bond acceptors (Lipinski definition) is 6. The molecule has 0 amide bonds. The molecule has 5 rings (SSSR count). The van der Waals surface area contributed by atoms with Crippen molar-refractivity contribution in [2.45, 2.75) is 29.2 Å². The van der Waals surface area contributed by atoms with Crippen molar-refractivity contribution in [2.75, 3.05) is 0 Å². The third kappa shape index (κ3) is 2.80. The fourth-order valence-corrected chi connectivity index (χ4v) is 5.43. The van der Waals surface area contributed by atoms with Gasteiger partial charge >= 0.3 is 5.69 Å². The zero-order chi connectivity index (χ0) is 22.2. The molecule has 1 saturated carbocycles. The van der Waals surface area contributed by atoms with Gasteiger partial charge in [0.15, 0.2) is 0 Å². The molecule has 1 aliphatic rings. The highest BCUT2D eigenvalue weighted by atomic mass is 35.5. The molecule has 31 heavy (non-hydrogen) atoms. The van der Waals surface area contributed by atoms with E-state index in [-0.39, 0.29) is 37.0 Å². The lowest BCUT2D eigenvalue weighted by atomic mass is 10.2. The smallest absolute Gasteiger partial charge is 0.362 e. The number of halogens is 2. The number of H-pyrrole nitrogens is 1. The molecule has 0 aliphatic heterocycles. The van der Waals surface area contributed by atoms with Gasteiger partial charge in [0.1, 0.15) is 5.82 Å². The average Bonchev–Trinajstić information content (AvgIpc) is 3.27. The van der Waals surface area contributed by atoms with Crippen molar-refractivity contribution in [2.24, 2.45) is 5.92 Å². The number of hydrogen-bond donors (Lipinski definition) is 2. The number of aromatic amines is 1. The van der Waals surface area contributed by atoms with Gasteiger partial charge in [-0.25, -0.2) is 17.6 Å². The summed E-state index contributed by atoms with van der Waals surface area (Å²) < 4.78 is 43.0. The molecule has 1 fully saturated rings. The summed E-state index contributed by atoms with van der Waals surface area (Å²) in [5.41, 5.74) is -2.46. The maximum absolute atomic E-state index is 14.8. The van der Waals surface area contributed by atoms with Gasteiger partial charge in [-0.2, -0.15) is 5.10 Å². The van der Waals surface area contributed by atoms with Crippen LogP contribution in [0.15, 0.2) is 49.8 Å². The molecule has 0 spiro atoms. The first-order valence-corrected chi connectivity index (χ1v) is 11.1. The minimum Gasteiger partial charge on any atom is -0.421 e. The number of aromatic nitrogens is 4. The van der Waals surface area contributed by atoms with Crippen LogP contribution in [0.25, 0.3) is 21.8 Å². The van der Waals surface area contributed by atoms with Crippen molar-refractivity contribution in [3.8, 4) is 0 Å². The van der Waals surface area contributed by atoms with Crippen molar-refractivity contribution in [1.29, 1.82) is 0 Å². The lowest BCUT2D eigenvalue weighted by molar-refractivity contribution is 0.162. The fraction of sp³-hybridized carbons (Fsp3) is 0.211. The van der Waals surface area contributed by atoms with Crippen LogP contribution in [0.2, 0.25) is 5.02 Å². The predicted molar refractivity (Wildman–Crippen MR) is 109 cm³/mol. The van der Waals surface area contributed by atoms with E-state index >= 15 is 0 Å². The van der Waals surface area contributed by atoms with Crippen LogP contribution in [0.3, 0.4) is 0 Å². The van der Waals surface area contributed by atoms with Gasteiger partial charge in [0.2, 0.25) is 9.84 Å². The van der Waals surface area contributed by atoms with Gasteiger partial charge in [0.25, 0.3) is 5.56 Å². The van der Waals surface area contributed by atoms with Gasteiger partial charge < -0.3 is 10.2 Å². The van der Waals surface area contributed by atoms with Crippen molar-refractivity contribution < 1.29 is 18.0 Å². The second-order valence-corrected chi connectivity index (χ2v) is 9.88. The van der Waals surface area contributed by atoms with Crippen molar-refractivity contribution >= 4 is 43.2 Å². The number of benzene rings is 2. The molecule has 9 nitrogen and oxygen atoms in total. The van der Waals surface area contributed by atoms with Crippen molar-refractivity contribution in [3.05, 3.63) is 62.1 Å². The molecule has 160 valence electrons. The highest BCUT2D eigenvalue weighted by Gasteiger charge is 2.36. The Bertz CT molecular complexity index is 1640. The van der Waals surface area contributed by atoms with Gasteiger partial charge in [-0.15, -0.1) is 0 Å². The topological polar surface area (TPSA) is 127 Å². The Hall–Kier alpha value is -3.18. The van der Waals surface area contributed by atoms with Crippen LogP contribution in [-0.2, 0) is 9.84 Å². The Balaban J connectivity index is 1.80. The first kappa shape index (κ1) is 19.8. The molecule has 1 aliphatic carbocycles. The summed E-state index contributed by atoms with van der Waals surface area (Å²) in [6.45, 7) is 2.01. The van der Waals surface area contributed by atoms with E-state index in [1.807, 2.05) is 6.92 Å². The summed E-state index contributed by atoms with van der Waals surface area (Å²) in [5.74, 6) is -0.419.